The molecule has 1 saturated heterocycles. The highest BCUT2D eigenvalue weighted by Crippen LogP contribution is 2.20. The molecule has 0 aliphatic carbocycles. The van der Waals surface area contributed by atoms with Gasteiger partial charge in [0.25, 0.3) is 5.91 Å². The van der Waals surface area contributed by atoms with Crippen molar-refractivity contribution in [2.24, 2.45) is 5.92 Å². The van der Waals surface area contributed by atoms with Crippen LogP contribution in [0, 0.1) is 5.92 Å². The fourth-order valence-electron chi connectivity index (χ4n) is 2.66. The predicted octanol–water partition coefficient (Wildman–Crippen LogP) is 2.19. The van der Waals surface area contributed by atoms with E-state index in [0.29, 0.717) is 11.5 Å². The molecule has 110 valence electrons. The summed E-state index contributed by atoms with van der Waals surface area (Å²) >= 11 is 0. The quantitative estimate of drug-likeness (QED) is 0.936. The minimum absolute atomic E-state index is 0.0484. The molecule has 1 atom stereocenters. The Balaban J connectivity index is 1.73. The van der Waals surface area contributed by atoms with Crippen molar-refractivity contribution in [2.75, 3.05) is 26.8 Å². The van der Waals surface area contributed by atoms with Gasteiger partial charge in [-0.25, -0.2) is 0 Å². The fraction of sp³-hybridized carbons (Fsp3) is 0.375. The zero-order chi connectivity index (χ0) is 14.7. The van der Waals surface area contributed by atoms with Crippen LogP contribution in [0.25, 0.3) is 11.1 Å². The van der Waals surface area contributed by atoms with E-state index in [2.05, 4.69) is 10.2 Å². The van der Waals surface area contributed by atoms with Gasteiger partial charge in [0.15, 0.2) is 0 Å². The van der Waals surface area contributed by atoms with Crippen LogP contribution in [0.4, 0.5) is 0 Å². The van der Waals surface area contributed by atoms with Crippen LogP contribution < -0.4 is 0 Å². The van der Waals surface area contributed by atoms with E-state index in [9.17, 15) is 4.79 Å². The summed E-state index contributed by atoms with van der Waals surface area (Å²) in [5.41, 5.74) is 2.68. The molecule has 5 heteroatoms. The van der Waals surface area contributed by atoms with E-state index in [4.69, 9.17) is 4.74 Å². The molecule has 2 heterocycles. The highest BCUT2D eigenvalue weighted by molar-refractivity contribution is 5.95. The molecule has 1 aliphatic heterocycles. The van der Waals surface area contributed by atoms with Gasteiger partial charge in [-0.3, -0.25) is 9.89 Å². The van der Waals surface area contributed by atoms with Crippen LogP contribution in [0.5, 0.6) is 0 Å². The molecule has 0 bridgehead atoms. The molecule has 0 radical (unpaired) electrons. The molecule has 1 fully saturated rings. The zero-order valence-corrected chi connectivity index (χ0v) is 12.1. The van der Waals surface area contributed by atoms with Crippen molar-refractivity contribution in [1.82, 2.24) is 15.1 Å². The highest BCUT2D eigenvalue weighted by atomic mass is 16.5. The molecule has 1 aliphatic rings. The zero-order valence-electron chi connectivity index (χ0n) is 12.1. The van der Waals surface area contributed by atoms with Crippen molar-refractivity contribution in [3.63, 3.8) is 0 Å². The number of aromatic nitrogens is 2. The second-order valence-electron chi connectivity index (χ2n) is 5.48. The lowest BCUT2D eigenvalue weighted by Crippen LogP contribution is -2.32. The minimum atomic E-state index is 0.0484. The Kier molecular flexibility index (Phi) is 4.01. The summed E-state index contributed by atoms with van der Waals surface area (Å²) in [4.78, 5) is 14.3. The number of hydrogen-bond acceptors (Lipinski definition) is 3. The number of nitrogens with one attached hydrogen (secondary N) is 1. The predicted molar refractivity (Wildman–Crippen MR) is 79.9 cm³/mol. The molecule has 1 unspecified atom stereocenters. The molecule has 0 spiro atoms. The maximum atomic E-state index is 12.5. The molecule has 5 nitrogen and oxygen atoms in total. The number of hydrogen-bond donors (Lipinski definition) is 1. The van der Waals surface area contributed by atoms with Gasteiger partial charge in [0.2, 0.25) is 0 Å². The smallest absolute Gasteiger partial charge is 0.253 e. The van der Waals surface area contributed by atoms with E-state index >= 15 is 0 Å². The molecule has 1 amide bonds. The lowest BCUT2D eigenvalue weighted by atomic mass is 10.0. The topological polar surface area (TPSA) is 58.2 Å². The van der Waals surface area contributed by atoms with Gasteiger partial charge < -0.3 is 9.64 Å². The summed E-state index contributed by atoms with van der Waals surface area (Å²) in [6, 6.07) is 7.65. The van der Waals surface area contributed by atoms with Gasteiger partial charge >= 0.3 is 0 Å². The second kappa shape index (κ2) is 6.10. The lowest BCUT2D eigenvalue weighted by Gasteiger charge is -2.20. The third-order valence-electron chi connectivity index (χ3n) is 3.84. The number of rotatable bonds is 4. The van der Waals surface area contributed by atoms with E-state index in [1.54, 1.807) is 11.1 Å². The monoisotopic (exact) mass is 285 g/mol. The first-order chi connectivity index (χ1) is 10.2. The van der Waals surface area contributed by atoms with E-state index in [1.165, 1.54) is 0 Å². The van der Waals surface area contributed by atoms with Gasteiger partial charge in [-0.1, -0.05) is 12.1 Å². The van der Waals surface area contributed by atoms with Crippen LogP contribution >= 0.6 is 0 Å². The van der Waals surface area contributed by atoms with Gasteiger partial charge in [-0.2, -0.15) is 5.10 Å². The van der Waals surface area contributed by atoms with Crippen LogP contribution in [0.3, 0.4) is 0 Å². The Labute approximate surface area is 123 Å². The Morgan fingerprint density at radius 3 is 3.10 bits per heavy atom. The van der Waals surface area contributed by atoms with E-state index in [-0.39, 0.29) is 5.91 Å². The van der Waals surface area contributed by atoms with Crippen LogP contribution in [0.2, 0.25) is 0 Å². The van der Waals surface area contributed by atoms with Crippen LogP contribution in [0.1, 0.15) is 16.8 Å². The SMILES string of the molecule is CN(CC1CCOC1)C(=O)c1cccc(-c2cn[nH]c2)c1. The van der Waals surface area contributed by atoms with Crippen molar-refractivity contribution in [1.29, 1.82) is 0 Å². The van der Waals surface area contributed by atoms with Gasteiger partial charge in [-0.15, -0.1) is 0 Å². The highest BCUT2D eigenvalue weighted by Gasteiger charge is 2.21. The Hall–Kier alpha value is -2.14. The van der Waals surface area contributed by atoms with Crippen LogP contribution in [0.15, 0.2) is 36.7 Å². The first-order valence-corrected chi connectivity index (χ1v) is 7.16. The van der Waals surface area contributed by atoms with E-state index in [0.717, 1.165) is 37.3 Å². The number of benzene rings is 1. The minimum Gasteiger partial charge on any atom is -0.381 e. The fourth-order valence-corrected chi connectivity index (χ4v) is 2.66. The average molecular weight is 285 g/mol. The number of H-pyrrole nitrogens is 1. The number of carbonyl (C=O) groups is 1. The summed E-state index contributed by atoms with van der Waals surface area (Å²) in [7, 11) is 1.85. The van der Waals surface area contributed by atoms with Crippen LogP contribution in [-0.4, -0.2) is 47.8 Å². The molecule has 1 aromatic carbocycles. The number of aromatic amines is 1. The molecule has 21 heavy (non-hydrogen) atoms. The van der Waals surface area contributed by atoms with Gasteiger partial charge in [-0.05, 0) is 24.1 Å². The summed E-state index contributed by atoms with van der Waals surface area (Å²) < 4.78 is 5.36. The van der Waals surface area contributed by atoms with Crippen molar-refractivity contribution < 1.29 is 9.53 Å². The summed E-state index contributed by atoms with van der Waals surface area (Å²) in [6.45, 7) is 2.31. The summed E-state index contributed by atoms with van der Waals surface area (Å²) in [5.74, 6) is 0.503. The normalized spacial score (nSPS) is 17.9. The maximum absolute atomic E-state index is 12.5. The number of nitrogens with zero attached hydrogens (tertiary/aromatic N) is 2. The largest absolute Gasteiger partial charge is 0.381 e. The van der Waals surface area contributed by atoms with Gasteiger partial charge in [0.1, 0.15) is 0 Å². The van der Waals surface area contributed by atoms with Gasteiger partial charge in [0.05, 0.1) is 12.8 Å². The van der Waals surface area contributed by atoms with Crippen molar-refractivity contribution in [3.8, 4) is 11.1 Å². The van der Waals surface area contributed by atoms with E-state index in [1.807, 2.05) is 37.5 Å². The third kappa shape index (κ3) is 3.13. The van der Waals surface area contributed by atoms with Crippen molar-refractivity contribution in [3.05, 3.63) is 42.2 Å². The Bertz CT molecular complexity index is 604. The maximum Gasteiger partial charge on any atom is 0.253 e. The van der Waals surface area contributed by atoms with Gasteiger partial charge in [0, 0.05) is 43.4 Å². The standard InChI is InChI=1S/C16H19N3O2/c1-19(10-12-5-6-21-11-12)16(20)14-4-2-3-13(7-14)15-8-17-18-9-15/h2-4,7-9,12H,5-6,10-11H2,1H3,(H,17,18). The molecular formula is C16H19N3O2. The first kappa shape index (κ1) is 13.8. The van der Waals surface area contributed by atoms with E-state index < -0.39 is 0 Å². The van der Waals surface area contributed by atoms with Crippen molar-refractivity contribution in [2.45, 2.75) is 6.42 Å². The molecule has 2 aromatic rings. The van der Waals surface area contributed by atoms with Crippen LogP contribution in [-0.2, 0) is 4.74 Å². The Morgan fingerprint density at radius 2 is 2.38 bits per heavy atom. The number of amides is 1. The molecule has 1 N–H and O–H groups in total. The summed E-state index contributed by atoms with van der Waals surface area (Å²) in [6.07, 6.45) is 4.61. The second-order valence-corrected chi connectivity index (χ2v) is 5.48. The third-order valence-corrected chi connectivity index (χ3v) is 3.84. The molecular weight excluding hydrogens is 266 g/mol. The molecule has 1 aromatic heterocycles. The molecule has 3 rings (SSSR count). The molecule has 0 saturated carbocycles. The average Bonchev–Trinajstić information content (AvgIpc) is 3.20. The number of ether oxygens (including phenoxy) is 1. The lowest BCUT2D eigenvalue weighted by molar-refractivity contribution is 0.0766. The number of carbonyl (C=O) groups excluding carboxylic acids is 1. The Morgan fingerprint density at radius 1 is 1.48 bits per heavy atom. The van der Waals surface area contributed by atoms with Crippen molar-refractivity contribution >= 4 is 5.91 Å². The summed E-state index contributed by atoms with van der Waals surface area (Å²) in [5, 5.41) is 6.73. The first-order valence-electron chi connectivity index (χ1n) is 7.16.